The average molecular weight is 653 g/mol. The Morgan fingerprint density at radius 3 is 2.43 bits per heavy atom. The fourth-order valence-corrected chi connectivity index (χ4v) is 7.05. The Balaban J connectivity index is 1.23. The molecule has 2 aliphatic heterocycles. The molecule has 6 rings (SSSR count). The van der Waals surface area contributed by atoms with Crippen LogP contribution in [0.3, 0.4) is 0 Å². The number of hydrogen-bond donors (Lipinski definition) is 2. The lowest BCUT2D eigenvalue weighted by Gasteiger charge is -2.43. The number of allylic oxidation sites excluding steroid dienone is 1. The maximum atomic E-state index is 4.96. The number of piperidine rings is 1. The first kappa shape index (κ1) is 33.0. The van der Waals surface area contributed by atoms with Gasteiger partial charge < -0.3 is 24.7 Å². The molecule has 0 amide bonds. The lowest BCUT2D eigenvalue weighted by molar-refractivity contribution is 0.0982. The highest BCUT2D eigenvalue weighted by molar-refractivity contribution is 7.99. The van der Waals surface area contributed by atoms with Crippen molar-refractivity contribution in [2.45, 2.75) is 45.6 Å². The second-order valence-corrected chi connectivity index (χ2v) is 14.0. The molecular weight excluding hydrogens is 605 g/mol. The Morgan fingerprint density at radius 1 is 0.979 bits per heavy atom. The van der Waals surface area contributed by atoms with Crippen LogP contribution in [0, 0.1) is 0 Å². The summed E-state index contributed by atoms with van der Waals surface area (Å²) in [5.41, 5.74) is 8.86. The van der Waals surface area contributed by atoms with Crippen LogP contribution in [0.15, 0.2) is 55.5 Å². The van der Waals surface area contributed by atoms with Crippen LogP contribution >= 0.6 is 11.9 Å². The second-order valence-electron chi connectivity index (χ2n) is 13.0. The van der Waals surface area contributed by atoms with E-state index in [0.29, 0.717) is 23.7 Å². The van der Waals surface area contributed by atoms with Crippen molar-refractivity contribution in [3.05, 3.63) is 66.6 Å². The summed E-state index contributed by atoms with van der Waals surface area (Å²) in [6, 6.07) is 11.4. The number of hydrogen-bond acceptors (Lipinski definition) is 11. The van der Waals surface area contributed by atoms with Crippen LogP contribution in [0.1, 0.15) is 50.7 Å². The maximum Gasteiger partial charge on any atom is 0.229 e. The van der Waals surface area contributed by atoms with Crippen molar-refractivity contribution in [2.75, 3.05) is 79.5 Å². The zero-order chi connectivity index (χ0) is 33.1. The second kappa shape index (κ2) is 14.5. The number of piperazine rings is 1. The first-order chi connectivity index (χ1) is 22.7. The van der Waals surface area contributed by atoms with Gasteiger partial charge in [-0.3, -0.25) is 14.9 Å². The average Bonchev–Trinajstić information content (AvgIpc) is 3.08. The van der Waals surface area contributed by atoms with E-state index in [1.54, 1.807) is 24.3 Å². The first-order valence-corrected chi connectivity index (χ1v) is 17.8. The van der Waals surface area contributed by atoms with E-state index in [0.717, 1.165) is 52.3 Å². The predicted molar refractivity (Wildman–Crippen MR) is 200 cm³/mol. The number of nitrogens with one attached hydrogen (secondary N) is 2. The number of likely N-dealkylation sites (N-methyl/N-ethyl adjacent to an activating group) is 1. The largest absolute Gasteiger partial charge is 0.371 e. The highest BCUT2D eigenvalue weighted by Gasteiger charge is 2.28. The van der Waals surface area contributed by atoms with E-state index in [4.69, 9.17) is 4.98 Å². The summed E-state index contributed by atoms with van der Waals surface area (Å²) in [6.45, 7) is 17.7. The van der Waals surface area contributed by atoms with Crippen LogP contribution in [-0.2, 0) is 0 Å². The third-order valence-corrected chi connectivity index (χ3v) is 10.2. The summed E-state index contributed by atoms with van der Waals surface area (Å²) in [5, 5.41) is 7.08. The zero-order valence-corrected chi connectivity index (χ0v) is 29.4. The predicted octanol–water partition coefficient (Wildman–Crippen LogP) is 6.99. The third kappa shape index (κ3) is 7.32. The zero-order valence-electron chi connectivity index (χ0n) is 28.6. The molecule has 2 aromatic carbocycles. The Morgan fingerprint density at radius 2 is 1.72 bits per heavy atom. The van der Waals surface area contributed by atoms with Crippen LogP contribution < -0.4 is 19.8 Å². The fraction of sp³-hybridized carbons (Fsp3) is 0.444. The van der Waals surface area contributed by atoms with E-state index in [-0.39, 0.29) is 0 Å². The van der Waals surface area contributed by atoms with Crippen LogP contribution in [0.2, 0.25) is 0 Å². The summed E-state index contributed by atoms with van der Waals surface area (Å²) in [4.78, 5) is 26.5. The molecule has 0 spiro atoms. The van der Waals surface area contributed by atoms with Crippen molar-refractivity contribution in [1.29, 1.82) is 0 Å². The van der Waals surface area contributed by atoms with Gasteiger partial charge in [0.05, 0.1) is 16.9 Å². The molecule has 248 valence electrons. The Kier molecular flexibility index (Phi) is 10.1. The van der Waals surface area contributed by atoms with Crippen molar-refractivity contribution in [2.24, 2.45) is 0 Å². The molecule has 0 atom stereocenters. The molecule has 2 N–H and O–H groups in total. The SMILES string of the molecule is C=C(C)c1cnc(Nc2ccc(N3CCC(N4CCN(C)CC4)CC3)c(C(C)C)c2)nc1Nc1ccc2nccnc2c1N(C)SC. The van der Waals surface area contributed by atoms with Gasteiger partial charge in [-0.25, -0.2) is 4.98 Å². The van der Waals surface area contributed by atoms with Gasteiger partial charge in [-0.1, -0.05) is 32.4 Å². The minimum absolute atomic E-state index is 0.383. The van der Waals surface area contributed by atoms with Gasteiger partial charge in [-0.15, -0.1) is 0 Å². The van der Waals surface area contributed by atoms with Crippen molar-refractivity contribution in [1.82, 2.24) is 29.7 Å². The van der Waals surface area contributed by atoms with Crippen LogP contribution in [0.25, 0.3) is 16.6 Å². The molecule has 2 aromatic heterocycles. The maximum absolute atomic E-state index is 4.96. The van der Waals surface area contributed by atoms with Gasteiger partial charge in [-0.2, -0.15) is 4.98 Å². The molecule has 2 saturated heterocycles. The summed E-state index contributed by atoms with van der Waals surface area (Å²) in [7, 11) is 4.26. The Labute approximate surface area is 283 Å². The van der Waals surface area contributed by atoms with E-state index in [1.165, 1.54) is 50.3 Å². The highest BCUT2D eigenvalue weighted by atomic mass is 32.2. The summed E-state index contributed by atoms with van der Waals surface area (Å²) < 4.78 is 2.09. The monoisotopic (exact) mass is 652 g/mol. The van der Waals surface area contributed by atoms with Crippen LogP contribution in [0.4, 0.5) is 34.5 Å². The highest BCUT2D eigenvalue weighted by Crippen LogP contribution is 2.38. The molecule has 11 heteroatoms. The number of anilines is 6. The van der Waals surface area contributed by atoms with Gasteiger partial charge in [-0.05, 0) is 74.2 Å². The van der Waals surface area contributed by atoms with Gasteiger partial charge in [0, 0.05) is 94.1 Å². The molecular formula is C36H48N10S. The lowest BCUT2D eigenvalue weighted by atomic mass is 9.96. The molecule has 2 fully saturated rings. The minimum atomic E-state index is 0.383. The first-order valence-electron chi connectivity index (χ1n) is 16.6. The molecule has 2 aliphatic rings. The number of nitrogens with zero attached hydrogens (tertiary/aromatic N) is 8. The van der Waals surface area contributed by atoms with Crippen molar-refractivity contribution < 1.29 is 0 Å². The van der Waals surface area contributed by atoms with Gasteiger partial charge >= 0.3 is 0 Å². The van der Waals surface area contributed by atoms with E-state index in [2.05, 4.69) is 90.3 Å². The molecule has 0 aliphatic carbocycles. The Bertz CT molecular complexity index is 1710. The summed E-state index contributed by atoms with van der Waals surface area (Å²) in [5.74, 6) is 1.58. The number of rotatable bonds is 10. The van der Waals surface area contributed by atoms with E-state index < -0.39 is 0 Å². The lowest BCUT2D eigenvalue weighted by Crippen LogP contribution is -2.52. The Hall–Kier alpha value is -3.93. The molecule has 0 saturated carbocycles. The molecule has 4 aromatic rings. The summed E-state index contributed by atoms with van der Waals surface area (Å²) in [6.07, 6.45) is 9.76. The van der Waals surface area contributed by atoms with E-state index in [1.807, 2.05) is 38.6 Å². The molecule has 0 radical (unpaired) electrons. The van der Waals surface area contributed by atoms with Crippen LogP contribution in [-0.4, -0.2) is 95.4 Å². The van der Waals surface area contributed by atoms with E-state index >= 15 is 0 Å². The molecule has 0 bridgehead atoms. The summed E-state index contributed by atoms with van der Waals surface area (Å²) >= 11 is 1.61. The smallest absolute Gasteiger partial charge is 0.229 e. The topological polar surface area (TPSA) is 88.6 Å². The van der Waals surface area contributed by atoms with Crippen molar-refractivity contribution in [3.63, 3.8) is 0 Å². The van der Waals surface area contributed by atoms with Gasteiger partial charge in [0.1, 0.15) is 11.3 Å². The fourth-order valence-electron chi connectivity index (χ4n) is 6.68. The van der Waals surface area contributed by atoms with Crippen LogP contribution in [0.5, 0.6) is 0 Å². The third-order valence-electron chi connectivity index (χ3n) is 9.47. The minimum Gasteiger partial charge on any atom is -0.371 e. The number of aromatic nitrogens is 4. The van der Waals surface area contributed by atoms with Gasteiger partial charge in [0.2, 0.25) is 5.95 Å². The standard InChI is InChI=1S/C36H48N10S/c1-24(2)28-22-26(8-11-32(28)46-16-12-27(13-17-46)45-20-18-43(5)19-21-45)40-36-39-23-29(25(3)4)35(42-36)41-31-10-9-30-33(38-15-14-37-30)34(31)44(6)47-7/h8-11,14-15,22-24,27H,3,12-13,16-21H2,1-2,4-7H3,(H2,39,40,41,42). The molecule has 10 nitrogen and oxygen atoms in total. The van der Waals surface area contributed by atoms with Crippen molar-refractivity contribution in [3.8, 4) is 0 Å². The number of fused-ring (bicyclic) bond motifs is 1. The molecule has 4 heterocycles. The molecule has 0 unspecified atom stereocenters. The molecule has 47 heavy (non-hydrogen) atoms. The van der Waals surface area contributed by atoms with Crippen molar-refractivity contribution >= 4 is 63.1 Å². The number of benzene rings is 2. The van der Waals surface area contributed by atoms with Gasteiger partial charge in [0.25, 0.3) is 0 Å². The normalized spacial score (nSPS) is 16.5. The van der Waals surface area contributed by atoms with Gasteiger partial charge in [0.15, 0.2) is 0 Å². The quantitative estimate of drug-likeness (QED) is 0.174. The van der Waals surface area contributed by atoms with E-state index in [9.17, 15) is 0 Å².